The number of carbonyl (C=O) groups is 1. The van der Waals surface area contributed by atoms with Crippen LogP contribution in [-0.4, -0.2) is 30.5 Å². The summed E-state index contributed by atoms with van der Waals surface area (Å²) < 4.78 is 6.46. The van der Waals surface area contributed by atoms with Crippen LogP contribution < -0.4 is 10.5 Å². The summed E-state index contributed by atoms with van der Waals surface area (Å²) in [6.45, 7) is 0.740. The lowest BCUT2D eigenvalue weighted by Gasteiger charge is -2.14. The average molecular weight is 285 g/mol. The Morgan fingerprint density at radius 1 is 1.56 bits per heavy atom. The van der Waals surface area contributed by atoms with Crippen molar-refractivity contribution in [1.82, 2.24) is 4.90 Å². The molecule has 0 aromatic heterocycles. The summed E-state index contributed by atoms with van der Waals surface area (Å²) in [5.41, 5.74) is 6.29. The van der Waals surface area contributed by atoms with Gasteiger partial charge >= 0.3 is 0 Å². The lowest BCUT2D eigenvalue weighted by atomic mass is 10.3. The van der Waals surface area contributed by atoms with E-state index in [0.717, 1.165) is 17.4 Å². The summed E-state index contributed by atoms with van der Waals surface area (Å²) in [6.07, 6.45) is 0.333. The first kappa shape index (κ1) is 11.3. The number of carbonyl (C=O) groups excluding carboxylic acids is 1. The maximum absolute atomic E-state index is 11.7. The first-order valence-corrected chi connectivity index (χ1v) is 5.84. The molecule has 0 saturated carbocycles. The van der Waals surface area contributed by atoms with Crippen molar-refractivity contribution >= 4 is 27.5 Å². The zero-order chi connectivity index (χ0) is 11.7. The van der Waals surface area contributed by atoms with Gasteiger partial charge in [-0.15, -0.1) is 0 Å². The number of likely N-dealkylation sites (N-methyl/N-ethyl adjacent to an activating group) is 1. The number of hydrogen-bond acceptors (Lipinski definition) is 3. The van der Waals surface area contributed by atoms with Crippen LogP contribution in [-0.2, 0) is 4.79 Å². The molecule has 1 aliphatic heterocycles. The van der Waals surface area contributed by atoms with Crippen molar-refractivity contribution in [3.05, 3.63) is 22.7 Å². The van der Waals surface area contributed by atoms with Crippen molar-refractivity contribution in [2.45, 2.75) is 12.5 Å². The fraction of sp³-hybridized carbons (Fsp3) is 0.364. The van der Waals surface area contributed by atoms with Crippen molar-refractivity contribution in [3.8, 4) is 5.75 Å². The van der Waals surface area contributed by atoms with Gasteiger partial charge in [-0.3, -0.25) is 4.79 Å². The summed E-state index contributed by atoms with van der Waals surface area (Å²) >= 11 is 3.37. The summed E-state index contributed by atoms with van der Waals surface area (Å²) in [4.78, 5) is 13.3. The third-order valence-corrected chi connectivity index (χ3v) is 3.26. The Hall–Kier alpha value is -1.23. The number of amides is 1. The summed E-state index contributed by atoms with van der Waals surface area (Å²) in [5, 5.41) is 0. The molecule has 5 heteroatoms. The molecule has 1 aromatic rings. The zero-order valence-corrected chi connectivity index (χ0v) is 10.5. The summed E-state index contributed by atoms with van der Waals surface area (Å²) in [7, 11) is 1.78. The first-order valence-electron chi connectivity index (χ1n) is 5.04. The topological polar surface area (TPSA) is 55.6 Å². The Balaban J connectivity index is 2.15. The minimum Gasteiger partial charge on any atom is -0.479 e. The van der Waals surface area contributed by atoms with Crippen LogP contribution in [0.3, 0.4) is 0 Å². The molecular weight excluding hydrogens is 272 g/mol. The molecule has 2 rings (SSSR count). The van der Waals surface area contributed by atoms with Gasteiger partial charge in [0.15, 0.2) is 6.10 Å². The van der Waals surface area contributed by atoms with Gasteiger partial charge in [0, 0.05) is 31.8 Å². The normalized spacial score (nSPS) is 20.2. The minimum absolute atomic E-state index is 0.0225. The van der Waals surface area contributed by atoms with E-state index >= 15 is 0 Å². The Morgan fingerprint density at radius 2 is 2.31 bits per heavy atom. The standard InChI is InChI=1S/C11H13BrN2O2/c1-14-5-4-9(11(14)15)16-10-6-7(13)2-3-8(10)12/h2-3,6,9H,4-5,13H2,1H3. The zero-order valence-electron chi connectivity index (χ0n) is 8.94. The van der Waals surface area contributed by atoms with Crippen LogP contribution in [0.5, 0.6) is 5.75 Å². The monoisotopic (exact) mass is 284 g/mol. The molecule has 0 aliphatic carbocycles. The second-order valence-electron chi connectivity index (χ2n) is 3.84. The Bertz CT molecular complexity index is 422. The second-order valence-corrected chi connectivity index (χ2v) is 4.70. The molecule has 86 valence electrons. The fourth-order valence-electron chi connectivity index (χ4n) is 1.66. The number of rotatable bonds is 2. The molecule has 2 N–H and O–H groups in total. The number of nitrogen functional groups attached to an aromatic ring is 1. The highest BCUT2D eigenvalue weighted by Crippen LogP contribution is 2.29. The van der Waals surface area contributed by atoms with Crippen molar-refractivity contribution in [2.75, 3.05) is 19.3 Å². The van der Waals surface area contributed by atoms with Crippen LogP contribution in [0.25, 0.3) is 0 Å². The Kier molecular flexibility index (Phi) is 3.05. The van der Waals surface area contributed by atoms with E-state index in [9.17, 15) is 4.79 Å². The van der Waals surface area contributed by atoms with E-state index in [1.807, 2.05) is 6.07 Å². The molecule has 0 spiro atoms. The van der Waals surface area contributed by atoms with Crippen molar-refractivity contribution in [3.63, 3.8) is 0 Å². The smallest absolute Gasteiger partial charge is 0.263 e. The minimum atomic E-state index is -0.386. The van der Waals surface area contributed by atoms with Crippen LogP contribution in [0.1, 0.15) is 6.42 Å². The van der Waals surface area contributed by atoms with E-state index in [0.29, 0.717) is 11.4 Å². The van der Waals surface area contributed by atoms with Gasteiger partial charge in [-0.25, -0.2) is 0 Å². The number of likely N-dealkylation sites (tertiary alicyclic amines) is 1. The third-order valence-electron chi connectivity index (χ3n) is 2.60. The predicted octanol–water partition coefficient (Wildman–Crippen LogP) is 1.64. The third kappa shape index (κ3) is 2.14. The number of anilines is 1. The number of nitrogens with zero attached hydrogens (tertiary/aromatic N) is 1. The number of ether oxygens (including phenoxy) is 1. The quantitative estimate of drug-likeness (QED) is 0.840. The molecule has 16 heavy (non-hydrogen) atoms. The molecular formula is C11H13BrN2O2. The molecule has 4 nitrogen and oxygen atoms in total. The van der Waals surface area contributed by atoms with Gasteiger partial charge in [-0.2, -0.15) is 0 Å². The predicted molar refractivity (Wildman–Crippen MR) is 65.2 cm³/mol. The first-order chi connectivity index (χ1) is 7.58. The molecule has 0 radical (unpaired) electrons. The number of benzene rings is 1. The molecule has 1 amide bonds. The maximum Gasteiger partial charge on any atom is 0.263 e. The Morgan fingerprint density at radius 3 is 2.94 bits per heavy atom. The van der Waals surface area contributed by atoms with Gasteiger partial charge in [-0.1, -0.05) is 0 Å². The van der Waals surface area contributed by atoms with Crippen LogP contribution in [0.2, 0.25) is 0 Å². The number of nitrogens with two attached hydrogens (primary N) is 1. The van der Waals surface area contributed by atoms with E-state index in [1.54, 1.807) is 24.1 Å². The van der Waals surface area contributed by atoms with Crippen LogP contribution >= 0.6 is 15.9 Å². The fourth-order valence-corrected chi connectivity index (χ4v) is 2.00. The lowest BCUT2D eigenvalue weighted by Crippen LogP contribution is -2.29. The number of halogens is 1. The number of hydrogen-bond donors (Lipinski definition) is 1. The highest BCUT2D eigenvalue weighted by Gasteiger charge is 2.31. The molecule has 1 fully saturated rings. The highest BCUT2D eigenvalue weighted by atomic mass is 79.9. The van der Waals surface area contributed by atoms with Gasteiger partial charge in [0.05, 0.1) is 4.47 Å². The molecule has 1 unspecified atom stereocenters. The van der Waals surface area contributed by atoms with E-state index in [-0.39, 0.29) is 12.0 Å². The molecule has 1 heterocycles. The van der Waals surface area contributed by atoms with Crippen molar-refractivity contribution in [2.24, 2.45) is 0 Å². The summed E-state index contributed by atoms with van der Waals surface area (Å²) in [6, 6.07) is 5.31. The SMILES string of the molecule is CN1CCC(Oc2cc(N)ccc2Br)C1=O. The van der Waals surface area contributed by atoms with E-state index in [2.05, 4.69) is 15.9 Å². The average Bonchev–Trinajstić information content (AvgIpc) is 2.55. The lowest BCUT2D eigenvalue weighted by molar-refractivity contribution is -0.132. The largest absolute Gasteiger partial charge is 0.479 e. The second kappa shape index (κ2) is 4.33. The highest BCUT2D eigenvalue weighted by molar-refractivity contribution is 9.10. The van der Waals surface area contributed by atoms with Gasteiger partial charge in [0.25, 0.3) is 5.91 Å². The van der Waals surface area contributed by atoms with Crippen LogP contribution in [0.15, 0.2) is 22.7 Å². The molecule has 0 bridgehead atoms. The van der Waals surface area contributed by atoms with Crippen LogP contribution in [0, 0.1) is 0 Å². The summed E-state index contributed by atoms with van der Waals surface area (Å²) in [5.74, 6) is 0.642. The van der Waals surface area contributed by atoms with E-state index in [4.69, 9.17) is 10.5 Å². The Labute approximate surface area is 102 Å². The van der Waals surface area contributed by atoms with Crippen LogP contribution in [0.4, 0.5) is 5.69 Å². The van der Waals surface area contributed by atoms with Gasteiger partial charge < -0.3 is 15.4 Å². The van der Waals surface area contributed by atoms with Crippen molar-refractivity contribution in [1.29, 1.82) is 0 Å². The molecule has 1 atom stereocenters. The molecule has 1 aromatic carbocycles. The molecule has 1 saturated heterocycles. The van der Waals surface area contributed by atoms with Crippen molar-refractivity contribution < 1.29 is 9.53 Å². The van der Waals surface area contributed by atoms with Gasteiger partial charge in [-0.05, 0) is 28.1 Å². The van der Waals surface area contributed by atoms with Gasteiger partial charge in [0.2, 0.25) is 0 Å². The van der Waals surface area contributed by atoms with Gasteiger partial charge in [0.1, 0.15) is 5.75 Å². The van der Waals surface area contributed by atoms with E-state index in [1.165, 1.54) is 0 Å². The molecule has 1 aliphatic rings. The van der Waals surface area contributed by atoms with E-state index < -0.39 is 0 Å². The maximum atomic E-state index is 11.7.